The molecule has 0 amide bonds. The highest BCUT2D eigenvalue weighted by Gasteiger charge is 2.26. The van der Waals surface area contributed by atoms with Crippen LogP contribution in [0.15, 0.2) is 24.3 Å². The first kappa shape index (κ1) is 12.6. The van der Waals surface area contributed by atoms with Crippen LogP contribution >= 0.6 is 0 Å². The molecule has 2 N–H and O–H groups in total. The Morgan fingerprint density at radius 1 is 1.47 bits per heavy atom. The van der Waals surface area contributed by atoms with Gasteiger partial charge in [0, 0.05) is 6.61 Å². The van der Waals surface area contributed by atoms with E-state index < -0.39 is 0 Å². The van der Waals surface area contributed by atoms with Crippen molar-refractivity contribution < 1.29 is 9.47 Å². The molecule has 0 aromatic heterocycles. The molecule has 17 heavy (non-hydrogen) atoms. The molecule has 0 saturated carbocycles. The Kier molecular flexibility index (Phi) is 4.54. The van der Waals surface area contributed by atoms with Gasteiger partial charge in [-0.1, -0.05) is 31.2 Å². The first-order chi connectivity index (χ1) is 8.33. The van der Waals surface area contributed by atoms with E-state index in [9.17, 15) is 0 Å². The van der Waals surface area contributed by atoms with Gasteiger partial charge in [-0.25, -0.2) is 0 Å². The molecule has 1 heterocycles. The van der Waals surface area contributed by atoms with Crippen molar-refractivity contribution in [2.45, 2.75) is 31.9 Å². The molecular weight excluding hydrogens is 214 g/mol. The fraction of sp³-hybridized carbons (Fsp3) is 0.571. The molecule has 0 aliphatic carbocycles. The van der Waals surface area contributed by atoms with E-state index >= 15 is 0 Å². The molecule has 2 atom stereocenters. The van der Waals surface area contributed by atoms with Crippen LogP contribution < -0.4 is 5.73 Å². The molecule has 1 aromatic carbocycles. The first-order valence-corrected chi connectivity index (χ1v) is 6.35. The van der Waals surface area contributed by atoms with Crippen LogP contribution in [0.3, 0.4) is 0 Å². The number of nitrogens with two attached hydrogens (primary N) is 1. The minimum absolute atomic E-state index is 0.0168. The van der Waals surface area contributed by atoms with Gasteiger partial charge in [0.2, 0.25) is 0 Å². The molecule has 0 spiro atoms. The van der Waals surface area contributed by atoms with Crippen LogP contribution in [-0.4, -0.2) is 25.9 Å². The zero-order chi connectivity index (χ0) is 12.1. The lowest BCUT2D eigenvalue weighted by atomic mass is 9.94. The van der Waals surface area contributed by atoms with Crippen molar-refractivity contribution in [3.05, 3.63) is 35.4 Å². The van der Waals surface area contributed by atoms with Gasteiger partial charge in [0.05, 0.1) is 19.3 Å². The molecule has 1 aliphatic rings. The van der Waals surface area contributed by atoms with Gasteiger partial charge in [0.25, 0.3) is 0 Å². The van der Waals surface area contributed by atoms with Gasteiger partial charge in [-0.3, -0.25) is 0 Å². The lowest BCUT2D eigenvalue weighted by Crippen LogP contribution is -2.37. The van der Waals surface area contributed by atoms with E-state index in [0.29, 0.717) is 6.61 Å². The zero-order valence-electron chi connectivity index (χ0n) is 10.4. The quantitative estimate of drug-likeness (QED) is 0.794. The van der Waals surface area contributed by atoms with Crippen molar-refractivity contribution in [3.63, 3.8) is 0 Å². The Bertz CT molecular complexity index is 354. The lowest BCUT2D eigenvalue weighted by molar-refractivity contribution is -0.00282. The van der Waals surface area contributed by atoms with Crippen molar-refractivity contribution in [2.24, 2.45) is 5.73 Å². The molecule has 2 rings (SSSR count). The molecule has 2 unspecified atom stereocenters. The average molecular weight is 235 g/mol. The maximum atomic E-state index is 6.15. The molecule has 3 heteroatoms. The molecular formula is C14H21NO2. The highest BCUT2D eigenvalue weighted by Crippen LogP contribution is 2.28. The predicted octanol–water partition coefficient (Wildman–Crippen LogP) is 2.05. The Hall–Kier alpha value is -0.900. The van der Waals surface area contributed by atoms with Crippen molar-refractivity contribution in [2.75, 3.05) is 19.8 Å². The van der Waals surface area contributed by atoms with Crippen molar-refractivity contribution >= 4 is 0 Å². The average Bonchev–Trinajstić information content (AvgIpc) is 2.38. The summed E-state index contributed by atoms with van der Waals surface area (Å²) in [6.07, 6.45) is 1.99. The summed E-state index contributed by atoms with van der Waals surface area (Å²) in [5.74, 6) is 0. The van der Waals surface area contributed by atoms with Crippen LogP contribution in [0.2, 0.25) is 0 Å². The third kappa shape index (κ3) is 3.06. The predicted molar refractivity (Wildman–Crippen MR) is 67.9 cm³/mol. The van der Waals surface area contributed by atoms with Gasteiger partial charge >= 0.3 is 0 Å². The molecule has 0 radical (unpaired) electrons. The molecule has 1 aliphatic heterocycles. The maximum Gasteiger partial charge on any atom is 0.100 e. The number of benzene rings is 1. The third-order valence-corrected chi connectivity index (χ3v) is 3.08. The topological polar surface area (TPSA) is 44.5 Å². The van der Waals surface area contributed by atoms with E-state index in [1.165, 1.54) is 11.1 Å². The standard InChI is InChI=1S/C14H21NO2/c1-2-8-16-10-13(15)14-12-6-4-3-5-11(12)7-9-17-14/h3-6,13-14H,2,7-10,15H2,1H3. The smallest absolute Gasteiger partial charge is 0.100 e. The Labute approximate surface area is 103 Å². The van der Waals surface area contributed by atoms with Gasteiger partial charge in [-0.2, -0.15) is 0 Å². The van der Waals surface area contributed by atoms with Crippen LogP contribution in [0.25, 0.3) is 0 Å². The van der Waals surface area contributed by atoms with Crippen LogP contribution in [0.4, 0.5) is 0 Å². The fourth-order valence-corrected chi connectivity index (χ4v) is 2.23. The second kappa shape index (κ2) is 6.15. The Balaban J connectivity index is 2.02. The number of hydrogen-bond donors (Lipinski definition) is 1. The van der Waals surface area contributed by atoms with E-state index in [4.69, 9.17) is 15.2 Å². The lowest BCUT2D eigenvalue weighted by Gasteiger charge is -2.30. The summed E-state index contributed by atoms with van der Waals surface area (Å²) < 4.78 is 11.3. The van der Waals surface area contributed by atoms with Crippen molar-refractivity contribution in [1.82, 2.24) is 0 Å². The first-order valence-electron chi connectivity index (χ1n) is 6.35. The minimum Gasteiger partial charge on any atom is -0.380 e. The van der Waals surface area contributed by atoms with Gasteiger partial charge in [-0.05, 0) is 24.0 Å². The van der Waals surface area contributed by atoms with Gasteiger partial charge in [0.1, 0.15) is 6.10 Å². The van der Waals surface area contributed by atoms with Crippen LogP contribution in [-0.2, 0) is 15.9 Å². The van der Waals surface area contributed by atoms with Crippen molar-refractivity contribution in [3.8, 4) is 0 Å². The Morgan fingerprint density at radius 3 is 3.12 bits per heavy atom. The second-order valence-electron chi connectivity index (χ2n) is 4.48. The van der Waals surface area contributed by atoms with E-state index in [1.54, 1.807) is 0 Å². The third-order valence-electron chi connectivity index (χ3n) is 3.08. The zero-order valence-corrected chi connectivity index (χ0v) is 10.4. The van der Waals surface area contributed by atoms with Crippen LogP contribution in [0.1, 0.15) is 30.6 Å². The molecule has 0 bridgehead atoms. The van der Waals surface area contributed by atoms with E-state index in [-0.39, 0.29) is 12.1 Å². The van der Waals surface area contributed by atoms with Crippen molar-refractivity contribution in [1.29, 1.82) is 0 Å². The molecule has 0 saturated heterocycles. The van der Waals surface area contributed by atoms with Crippen LogP contribution in [0.5, 0.6) is 0 Å². The minimum atomic E-state index is -0.0806. The summed E-state index contributed by atoms with van der Waals surface area (Å²) in [7, 11) is 0. The van der Waals surface area contributed by atoms with E-state index in [2.05, 4.69) is 25.1 Å². The van der Waals surface area contributed by atoms with E-state index in [1.807, 2.05) is 6.07 Å². The molecule has 1 aromatic rings. The summed E-state index contributed by atoms with van der Waals surface area (Å²) in [6.45, 7) is 4.18. The normalized spacial score (nSPS) is 20.9. The largest absolute Gasteiger partial charge is 0.380 e. The fourth-order valence-electron chi connectivity index (χ4n) is 2.23. The monoisotopic (exact) mass is 235 g/mol. The highest BCUT2D eigenvalue weighted by atomic mass is 16.5. The van der Waals surface area contributed by atoms with Gasteiger partial charge in [-0.15, -0.1) is 0 Å². The molecule has 94 valence electrons. The molecule has 3 nitrogen and oxygen atoms in total. The van der Waals surface area contributed by atoms with Gasteiger partial charge < -0.3 is 15.2 Å². The number of fused-ring (bicyclic) bond motifs is 1. The number of hydrogen-bond acceptors (Lipinski definition) is 3. The van der Waals surface area contributed by atoms with E-state index in [0.717, 1.165) is 26.1 Å². The summed E-state index contributed by atoms with van der Waals surface area (Å²) in [5, 5.41) is 0. The molecule has 0 fully saturated rings. The van der Waals surface area contributed by atoms with Gasteiger partial charge in [0.15, 0.2) is 0 Å². The summed E-state index contributed by atoms with van der Waals surface area (Å²) >= 11 is 0. The SMILES string of the molecule is CCCOCC(N)C1OCCc2ccccc21. The maximum absolute atomic E-state index is 6.15. The second-order valence-corrected chi connectivity index (χ2v) is 4.48. The number of rotatable bonds is 5. The number of ether oxygens (including phenoxy) is 2. The summed E-state index contributed by atoms with van der Waals surface area (Å²) in [5.41, 5.74) is 8.74. The van der Waals surface area contributed by atoms with Crippen LogP contribution in [0, 0.1) is 0 Å². The summed E-state index contributed by atoms with van der Waals surface area (Å²) in [6, 6.07) is 8.30. The summed E-state index contributed by atoms with van der Waals surface area (Å²) in [4.78, 5) is 0. The highest BCUT2D eigenvalue weighted by molar-refractivity contribution is 5.31. The Morgan fingerprint density at radius 2 is 2.29 bits per heavy atom.